The third-order valence-corrected chi connectivity index (χ3v) is 2.31. The summed E-state index contributed by atoms with van der Waals surface area (Å²) in [4.78, 5) is 11.4. The molecular formula is C11H16O3. The topological polar surface area (TPSA) is 35.5 Å². The second-order valence-electron chi connectivity index (χ2n) is 3.40. The summed E-state index contributed by atoms with van der Waals surface area (Å²) in [5.74, 6) is 0.454. The van der Waals surface area contributed by atoms with Crippen molar-refractivity contribution in [3.8, 4) is 0 Å². The highest BCUT2D eigenvalue weighted by atomic mass is 16.5. The van der Waals surface area contributed by atoms with E-state index in [1.165, 1.54) is 7.11 Å². The number of hydrogen-bond donors (Lipinski definition) is 0. The summed E-state index contributed by atoms with van der Waals surface area (Å²) in [6, 6.07) is 0. The SMILES string of the molecule is C=C(C)C1CC(C(=O)OC)=C(CC)O1. The molecule has 0 aromatic carbocycles. The smallest absolute Gasteiger partial charge is 0.337 e. The van der Waals surface area contributed by atoms with Crippen LogP contribution in [0.3, 0.4) is 0 Å². The Bertz CT molecular complexity index is 289. The van der Waals surface area contributed by atoms with Crippen molar-refractivity contribution in [2.45, 2.75) is 32.8 Å². The average Bonchev–Trinajstić information content (AvgIpc) is 2.60. The molecule has 0 fully saturated rings. The van der Waals surface area contributed by atoms with Gasteiger partial charge in [-0.1, -0.05) is 13.5 Å². The van der Waals surface area contributed by atoms with E-state index in [0.29, 0.717) is 18.4 Å². The molecule has 0 saturated heterocycles. The minimum Gasteiger partial charge on any atom is -0.490 e. The lowest BCUT2D eigenvalue weighted by Crippen LogP contribution is -2.09. The van der Waals surface area contributed by atoms with E-state index in [2.05, 4.69) is 11.3 Å². The summed E-state index contributed by atoms with van der Waals surface area (Å²) in [6.45, 7) is 7.68. The van der Waals surface area contributed by atoms with Gasteiger partial charge in [0, 0.05) is 12.8 Å². The van der Waals surface area contributed by atoms with Crippen molar-refractivity contribution in [2.75, 3.05) is 7.11 Å². The second kappa shape index (κ2) is 4.31. The molecule has 0 N–H and O–H groups in total. The van der Waals surface area contributed by atoms with Crippen LogP contribution in [0, 0.1) is 0 Å². The molecule has 1 atom stereocenters. The minimum absolute atomic E-state index is 0.0564. The molecule has 0 aromatic heterocycles. The standard InChI is InChI=1S/C11H16O3/c1-5-9-8(11(12)13-4)6-10(14-9)7(2)3/h10H,2,5-6H2,1,3-4H3. The largest absolute Gasteiger partial charge is 0.490 e. The molecule has 1 aliphatic rings. The first-order chi connectivity index (χ1) is 6.60. The summed E-state index contributed by atoms with van der Waals surface area (Å²) >= 11 is 0. The van der Waals surface area contributed by atoms with E-state index >= 15 is 0 Å². The number of ether oxygens (including phenoxy) is 2. The zero-order chi connectivity index (χ0) is 10.7. The molecule has 1 aliphatic heterocycles. The fourth-order valence-corrected chi connectivity index (χ4v) is 1.48. The van der Waals surface area contributed by atoms with Crippen LogP contribution in [0.2, 0.25) is 0 Å². The van der Waals surface area contributed by atoms with Gasteiger partial charge in [-0.3, -0.25) is 0 Å². The van der Waals surface area contributed by atoms with Crippen molar-refractivity contribution in [3.05, 3.63) is 23.5 Å². The molecule has 1 rings (SSSR count). The van der Waals surface area contributed by atoms with E-state index < -0.39 is 0 Å². The number of allylic oxidation sites excluding steroid dienone is 1. The molecule has 3 heteroatoms. The quantitative estimate of drug-likeness (QED) is 0.512. The van der Waals surface area contributed by atoms with Crippen LogP contribution in [0.4, 0.5) is 0 Å². The van der Waals surface area contributed by atoms with E-state index in [9.17, 15) is 4.79 Å². The molecule has 1 unspecified atom stereocenters. The predicted molar refractivity (Wildman–Crippen MR) is 53.6 cm³/mol. The normalized spacial score (nSPS) is 20.6. The second-order valence-corrected chi connectivity index (χ2v) is 3.40. The molecule has 0 radical (unpaired) electrons. The van der Waals surface area contributed by atoms with Crippen LogP contribution >= 0.6 is 0 Å². The number of rotatable bonds is 3. The fraction of sp³-hybridized carbons (Fsp3) is 0.545. The maximum atomic E-state index is 11.4. The molecule has 78 valence electrons. The van der Waals surface area contributed by atoms with Gasteiger partial charge in [-0.2, -0.15) is 0 Å². The Morgan fingerprint density at radius 1 is 1.71 bits per heavy atom. The first kappa shape index (κ1) is 10.8. The summed E-state index contributed by atoms with van der Waals surface area (Å²) in [6.07, 6.45) is 1.25. The minimum atomic E-state index is -0.286. The van der Waals surface area contributed by atoms with Gasteiger partial charge < -0.3 is 9.47 Å². The van der Waals surface area contributed by atoms with Gasteiger partial charge in [-0.25, -0.2) is 4.79 Å². The molecule has 3 nitrogen and oxygen atoms in total. The number of methoxy groups -OCH3 is 1. The van der Waals surface area contributed by atoms with Gasteiger partial charge in [0.25, 0.3) is 0 Å². The number of carbonyl (C=O) groups is 1. The molecule has 0 saturated carbocycles. The van der Waals surface area contributed by atoms with E-state index in [1.54, 1.807) is 0 Å². The van der Waals surface area contributed by atoms with E-state index in [1.807, 2.05) is 13.8 Å². The Labute approximate surface area is 84.4 Å². The summed E-state index contributed by atoms with van der Waals surface area (Å²) in [5.41, 5.74) is 1.60. The van der Waals surface area contributed by atoms with Crippen molar-refractivity contribution in [2.24, 2.45) is 0 Å². The summed E-state index contributed by atoms with van der Waals surface area (Å²) in [7, 11) is 1.39. The Hall–Kier alpha value is -1.25. The highest BCUT2D eigenvalue weighted by molar-refractivity contribution is 5.89. The van der Waals surface area contributed by atoms with Crippen LogP contribution in [0.15, 0.2) is 23.5 Å². The lowest BCUT2D eigenvalue weighted by atomic mass is 10.1. The van der Waals surface area contributed by atoms with E-state index in [-0.39, 0.29) is 12.1 Å². The van der Waals surface area contributed by atoms with Gasteiger partial charge in [0.2, 0.25) is 0 Å². The van der Waals surface area contributed by atoms with Crippen molar-refractivity contribution < 1.29 is 14.3 Å². The number of carbonyl (C=O) groups excluding carboxylic acids is 1. The summed E-state index contributed by atoms with van der Waals surface area (Å²) < 4.78 is 10.3. The van der Waals surface area contributed by atoms with Crippen LogP contribution in [-0.2, 0) is 14.3 Å². The molecule has 0 amide bonds. The van der Waals surface area contributed by atoms with Gasteiger partial charge in [0.15, 0.2) is 0 Å². The summed E-state index contributed by atoms with van der Waals surface area (Å²) in [5, 5.41) is 0. The van der Waals surface area contributed by atoms with Crippen LogP contribution in [-0.4, -0.2) is 19.2 Å². The number of esters is 1. The Morgan fingerprint density at radius 3 is 2.79 bits per heavy atom. The number of hydrogen-bond acceptors (Lipinski definition) is 3. The lowest BCUT2D eigenvalue weighted by Gasteiger charge is -2.11. The van der Waals surface area contributed by atoms with Gasteiger partial charge in [0.05, 0.1) is 12.7 Å². The predicted octanol–water partition coefficient (Wildman–Crippen LogP) is 2.19. The average molecular weight is 196 g/mol. The Kier molecular flexibility index (Phi) is 3.33. The van der Waals surface area contributed by atoms with Crippen LogP contribution < -0.4 is 0 Å². The third kappa shape index (κ3) is 1.97. The van der Waals surface area contributed by atoms with Crippen LogP contribution in [0.25, 0.3) is 0 Å². The van der Waals surface area contributed by atoms with Crippen LogP contribution in [0.5, 0.6) is 0 Å². The van der Waals surface area contributed by atoms with Crippen molar-refractivity contribution >= 4 is 5.97 Å². The molecule has 0 aromatic rings. The van der Waals surface area contributed by atoms with Gasteiger partial charge >= 0.3 is 5.97 Å². The molecule has 0 spiro atoms. The van der Waals surface area contributed by atoms with E-state index in [4.69, 9.17) is 4.74 Å². The zero-order valence-electron chi connectivity index (χ0n) is 8.92. The first-order valence-corrected chi connectivity index (χ1v) is 4.72. The Morgan fingerprint density at radius 2 is 2.36 bits per heavy atom. The van der Waals surface area contributed by atoms with Gasteiger partial charge in [-0.15, -0.1) is 0 Å². The van der Waals surface area contributed by atoms with Crippen molar-refractivity contribution in [3.63, 3.8) is 0 Å². The molecule has 14 heavy (non-hydrogen) atoms. The van der Waals surface area contributed by atoms with Crippen molar-refractivity contribution in [1.29, 1.82) is 0 Å². The lowest BCUT2D eigenvalue weighted by molar-refractivity contribution is -0.136. The first-order valence-electron chi connectivity index (χ1n) is 4.72. The fourth-order valence-electron chi connectivity index (χ4n) is 1.48. The van der Waals surface area contributed by atoms with E-state index in [0.717, 1.165) is 11.3 Å². The van der Waals surface area contributed by atoms with Crippen LogP contribution in [0.1, 0.15) is 26.7 Å². The monoisotopic (exact) mass is 196 g/mol. The highest BCUT2D eigenvalue weighted by Gasteiger charge is 2.29. The van der Waals surface area contributed by atoms with Crippen molar-refractivity contribution in [1.82, 2.24) is 0 Å². The maximum absolute atomic E-state index is 11.4. The van der Waals surface area contributed by atoms with Gasteiger partial charge in [-0.05, 0) is 12.5 Å². The maximum Gasteiger partial charge on any atom is 0.337 e. The molecular weight excluding hydrogens is 180 g/mol. The Balaban J connectivity index is 2.81. The molecule has 0 bridgehead atoms. The zero-order valence-corrected chi connectivity index (χ0v) is 8.92. The third-order valence-electron chi connectivity index (χ3n) is 2.31. The van der Waals surface area contributed by atoms with Gasteiger partial charge in [0.1, 0.15) is 11.9 Å². The highest BCUT2D eigenvalue weighted by Crippen LogP contribution is 2.30. The molecule has 1 heterocycles. The molecule has 0 aliphatic carbocycles.